The van der Waals surface area contributed by atoms with Crippen molar-refractivity contribution in [3.05, 3.63) is 22.1 Å². The Morgan fingerprint density at radius 1 is 1.33 bits per heavy atom. The zero-order valence-electron chi connectivity index (χ0n) is 9.77. The largest absolute Gasteiger partial charge is 0.368 e. The molecule has 3 heterocycles. The van der Waals surface area contributed by atoms with Crippen molar-refractivity contribution in [3.63, 3.8) is 0 Å². The lowest BCUT2D eigenvalue weighted by Gasteiger charge is -2.05. The summed E-state index contributed by atoms with van der Waals surface area (Å²) in [5.74, 6) is 0.808. The number of hydrogen-bond acceptors (Lipinski definition) is 5. The highest BCUT2D eigenvalue weighted by molar-refractivity contribution is 9.10. The van der Waals surface area contributed by atoms with Gasteiger partial charge >= 0.3 is 0 Å². The molecule has 0 bridgehead atoms. The van der Waals surface area contributed by atoms with Crippen LogP contribution in [0.25, 0.3) is 16.9 Å². The highest BCUT2D eigenvalue weighted by Crippen LogP contribution is 2.25. The van der Waals surface area contributed by atoms with Crippen molar-refractivity contribution in [3.8, 4) is 5.82 Å². The first-order valence-corrected chi connectivity index (χ1v) is 6.06. The molecule has 3 aromatic rings. The minimum Gasteiger partial charge on any atom is -0.368 e. The molecule has 0 aromatic carbocycles. The number of hydrogen-bond donors (Lipinski definition) is 2. The van der Waals surface area contributed by atoms with Crippen LogP contribution in [0.3, 0.4) is 0 Å². The predicted octanol–water partition coefficient (Wildman–Crippen LogP) is 1.50. The van der Waals surface area contributed by atoms with Crippen LogP contribution in [0.5, 0.6) is 0 Å². The van der Waals surface area contributed by atoms with Crippen molar-refractivity contribution in [1.82, 2.24) is 29.9 Å². The Hall–Kier alpha value is -1.96. The highest BCUT2D eigenvalue weighted by atomic mass is 79.9. The average Bonchev–Trinajstić information content (AvgIpc) is 2.88. The first kappa shape index (κ1) is 11.1. The molecular formula is C10H10BrN7. The smallest absolute Gasteiger partial charge is 0.224 e. The fraction of sp³-hybridized carbons (Fsp3) is 0.200. The molecule has 0 atom stereocenters. The molecule has 0 amide bonds. The number of H-pyrrole nitrogens is 1. The van der Waals surface area contributed by atoms with Crippen molar-refractivity contribution in [2.24, 2.45) is 0 Å². The third-order valence-corrected chi connectivity index (χ3v) is 3.86. The van der Waals surface area contributed by atoms with E-state index in [1.54, 1.807) is 10.9 Å². The van der Waals surface area contributed by atoms with Crippen molar-refractivity contribution >= 4 is 32.9 Å². The van der Waals surface area contributed by atoms with E-state index in [9.17, 15) is 0 Å². The summed E-state index contributed by atoms with van der Waals surface area (Å²) in [6, 6.07) is 0. The molecule has 3 aromatic heterocycles. The molecular weight excluding hydrogens is 298 g/mol. The van der Waals surface area contributed by atoms with E-state index < -0.39 is 0 Å². The Labute approximate surface area is 111 Å². The van der Waals surface area contributed by atoms with Gasteiger partial charge in [-0.3, -0.25) is 5.10 Å². The second-order valence-electron chi connectivity index (χ2n) is 3.93. The van der Waals surface area contributed by atoms with Gasteiger partial charge in [0, 0.05) is 0 Å². The molecule has 0 aliphatic carbocycles. The standard InChI is InChI=1S/C10H10BrN7/c1-4-7(11)5(2)18(17-4)9-6-3-13-16-8(6)14-10(12)15-9/h3H,1-2H3,(H3,12,13,14,15,16). The Kier molecular flexibility index (Phi) is 2.34. The van der Waals surface area contributed by atoms with Gasteiger partial charge in [-0.15, -0.1) is 0 Å². The summed E-state index contributed by atoms with van der Waals surface area (Å²) in [5, 5.41) is 11.9. The summed E-state index contributed by atoms with van der Waals surface area (Å²) in [6.07, 6.45) is 1.66. The lowest BCUT2D eigenvalue weighted by atomic mass is 10.3. The van der Waals surface area contributed by atoms with Gasteiger partial charge in [0.05, 0.1) is 27.4 Å². The third-order valence-electron chi connectivity index (χ3n) is 2.71. The van der Waals surface area contributed by atoms with Crippen LogP contribution in [0.15, 0.2) is 10.7 Å². The Morgan fingerprint density at radius 2 is 2.11 bits per heavy atom. The number of halogens is 1. The maximum atomic E-state index is 5.69. The second-order valence-corrected chi connectivity index (χ2v) is 4.73. The van der Waals surface area contributed by atoms with Crippen LogP contribution < -0.4 is 5.73 Å². The third kappa shape index (κ3) is 1.49. The minimum atomic E-state index is 0.186. The summed E-state index contributed by atoms with van der Waals surface area (Å²) in [7, 11) is 0. The SMILES string of the molecule is Cc1nn(-c2nc(N)nc3[nH]ncc23)c(C)c1Br. The van der Waals surface area contributed by atoms with E-state index in [0.717, 1.165) is 21.2 Å². The van der Waals surface area contributed by atoms with E-state index in [0.29, 0.717) is 11.5 Å². The fourth-order valence-electron chi connectivity index (χ4n) is 1.83. The molecule has 0 aliphatic rings. The van der Waals surface area contributed by atoms with Crippen molar-refractivity contribution < 1.29 is 0 Å². The summed E-state index contributed by atoms with van der Waals surface area (Å²) >= 11 is 3.49. The number of anilines is 1. The van der Waals surface area contributed by atoms with Gasteiger partial charge in [-0.1, -0.05) is 0 Å². The van der Waals surface area contributed by atoms with Gasteiger partial charge in [0.15, 0.2) is 11.5 Å². The van der Waals surface area contributed by atoms with Gasteiger partial charge in [0.1, 0.15) is 0 Å². The highest BCUT2D eigenvalue weighted by Gasteiger charge is 2.16. The number of nitrogens with two attached hydrogens (primary N) is 1. The normalized spacial score (nSPS) is 11.3. The lowest BCUT2D eigenvalue weighted by molar-refractivity contribution is 0.812. The van der Waals surface area contributed by atoms with E-state index >= 15 is 0 Å². The molecule has 3 N–H and O–H groups in total. The summed E-state index contributed by atoms with van der Waals surface area (Å²) in [6.45, 7) is 3.87. The van der Waals surface area contributed by atoms with E-state index in [2.05, 4.69) is 41.2 Å². The van der Waals surface area contributed by atoms with Gasteiger partial charge < -0.3 is 5.73 Å². The number of fused-ring (bicyclic) bond motifs is 1. The Balaban J connectivity index is 2.37. The number of aryl methyl sites for hydroxylation is 1. The van der Waals surface area contributed by atoms with Crippen molar-refractivity contribution in [2.75, 3.05) is 5.73 Å². The minimum absolute atomic E-state index is 0.186. The lowest BCUT2D eigenvalue weighted by Crippen LogP contribution is -2.06. The molecule has 0 fully saturated rings. The number of nitrogens with one attached hydrogen (secondary N) is 1. The molecule has 0 radical (unpaired) electrons. The topological polar surface area (TPSA) is 98.3 Å². The molecule has 0 saturated heterocycles. The zero-order chi connectivity index (χ0) is 12.9. The fourth-order valence-corrected chi connectivity index (χ4v) is 2.08. The maximum absolute atomic E-state index is 5.69. The molecule has 0 aliphatic heterocycles. The molecule has 18 heavy (non-hydrogen) atoms. The Bertz CT molecular complexity index is 742. The number of nitrogens with zero attached hydrogens (tertiary/aromatic N) is 5. The van der Waals surface area contributed by atoms with Gasteiger partial charge in [0.2, 0.25) is 5.95 Å². The van der Waals surface area contributed by atoms with Gasteiger partial charge in [-0.2, -0.15) is 20.2 Å². The summed E-state index contributed by atoms with van der Waals surface area (Å²) in [4.78, 5) is 8.32. The van der Waals surface area contributed by atoms with Crippen LogP contribution in [-0.4, -0.2) is 29.9 Å². The van der Waals surface area contributed by atoms with Crippen LogP contribution in [0.1, 0.15) is 11.4 Å². The summed E-state index contributed by atoms with van der Waals surface area (Å²) < 4.78 is 2.69. The number of nitrogen functional groups attached to an aromatic ring is 1. The van der Waals surface area contributed by atoms with Crippen LogP contribution in [0, 0.1) is 13.8 Å². The molecule has 0 saturated carbocycles. The average molecular weight is 308 g/mol. The molecule has 3 rings (SSSR count). The van der Waals surface area contributed by atoms with Crippen LogP contribution >= 0.6 is 15.9 Å². The van der Waals surface area contributed by atoms with E-state index in [1.807, 2.05) is 13.8 Å². The number of aromatic amines is 1. The zero-order valence-corrected chi connectivity index (χ0v) is 11.4. The molecule has 92 valence electrons. The van der Waals surface area contributed by atoms with Gasteiger partial charge in [-0.05, 0) is 29.8 Å². The molecule has 0 spiro atoms. The van der Waals surface area contributed by atoms with Crippen LogP contribution in [0.2, 0.25) is 0 Å². The molecule has 8 heteroatoms. The maximum Gasteiger partial charge on any atom is 0.224 e. The Morgan fingerprint density at radius 3 is 2.78 bits per heavy atom. The van der Waals surface area contributed by atoms with Gasteiger partial charge in [0.25, 0.3) is 0 Å². The van der Waals surface area contributed by atoms with Crippen molar-refractivity contribution in [1.29, 1.82) is 0 Å². The first-order valence-electron chi connectivity index (χ1n) is 5.26. The van der Waals surface area contributed by atoms with Crippen LogP contribution in [0.4, 0.5) is 5.95 Å². The number of rotatable bonds is 1. The quantitative estimate of drug-likeness (QED) is 0.710. The van der Waals surface area contributed by atoms with E-state index in [1.165, 1.54) is 0 Å². The van der Waals surface area contributed by atoms with Gasteiger partial charge in [-0.25, -0.2) is 4.68 Å². The van der Waals surface area contributed by atoms with Crippen molar-refractivity contribution in [2.45, 2.75) is 13.8 Å². The first-order chi connectivity index (χ1) is 8.58. The molecule has 0 unspecified atom stereocenters. The van der Waals surface area contributed by atoms with Crippen LogP contribution in [-0.2, 0) is 0 Å². The molecule has 7 nitrogen and oxygen atoms in total. The summed E-state index contributed by atoms with van der Waals surface area (Å²) in [5.41, 5.74) is 8.13. The van der Waals surface area contributed by atoms with E-state index in [-0.39, 0.29) is 5.95 Å². The number of aromatic nitrogens is 6. The van der Waals surface area contributed by atoms with E-state index in [4.69, 9.17) is 5.73 Å². The monoisotopic (exact) mass is 307 g/mol. The predicted molar refractivity (Wildman–Crippen MR) is 70.4 cm³/mol. The second kappa shape index (κ2) is 3.77.